The lowest BCUT2D eigenvalue weighted by Crippen LogP contribution is -2.30. The van der Waals surface area contributed by atoms with Crippen LogP contribution in [0.1, 0.15) is 28.3 Å². The molecule has 0 bridgehead atoms. The average Bonchev–Trinajstić information content (AvgIpc) is 2.40. The van der Waals surface area contributed by atoms with Gasteiger partial charge in [0.2, 0.25) is 0 Å². The minimum Gasteiger partial charge on any atom is -0.271 e. The Morgan fingerprint density at radius 1 is 1.10 bits per heavy atom. The van der Waals surface area contributed by atoms with Crippen LogP contribution >= 0.6 is 0 Å². The van der Waals surface area contributed by atoms with Crippen molar-refractivity contribution in [3.8, 4) is 0 Å². The lowest BCUT2D eigenvalue weighted by Gasteiger charge is -2.19. The van der Waals surface area contributed by atoms with Crippen molar-refractivity contribution in [3.05, 3.63) is 70.3 Å². The summed E-state index contributed by atoms with van der Waals surface area (Å²) in [6.45, 7) is 4.02. The molecule has 4 heteroatoms. The number of rotatable bonds is 4. The molecule has 1 atom stereocenters. The lowest BCUT2D eigenvalue weighted by atomic mass is 9.93. The molecule has 0 heterocycles. The smallest absolute Gasteiger partial charge is 0.130 e. The quantitative estimate of drug-likeness (QED) is 0.664. The minimum atomic E-state index is -0.589. The van der Waals surface area contributed by atoms with Crippen molar-refractivity contribution in [3.63, 3.8) is 0 Å². The van der Waals surface area contributed by atoms with E-state index in [0.29, 0.717) is 12.0 Å². The van der Waals surface area contributed by atoms with Crippen molar-refractivity contribution in [2.75, 3.05) is 0 Å². The SMILES string of the molecule is Cc1cccc(C)c1CC(NN)c1ccc(F)cc1F. The predicted molar refractivity (Wildman–Crippen MR) is 76.0 cm³/mol. The van der Waals surface area contributed by atoms with Crippen LogP contribution < -0.4 is 11.3 Å². The molecule has 2 aromatic rings. The average molecular weight is 276 g/mol. The summed E-state index contributed by atoms with van der Waals surface area (Å²) < 4.78 is 26.8. The van der Waals surface area contributed by atoms with E-state index in [9.17, 15) is 8.78 Å². The van der Waals surface area contributed by atoms with Crippen LogP contribution in [0.4, 0.5) is 8.78 Å². The molecule has 0 spiro atoms. The minimum absolute atomic E-state index is 0.372. The van der Waals surface area contributed by atoms with Gasteiger partial charge >= 0.3 is 0 Å². The third-order valence-corrected chi connectivity index (χ3v) is 3.59. The maximum Gasteiger partial charge on any atom is 0.130 e. The summed E-state index contributed by atoms with van der Waals surface area (Å²) in [5, 5.41) is 0. The van der Waals surface area contributed by atoms with Crippen LogP contribution in [0.3, 0.4) is 0 Å². The fourth-order valence-electron chi connectivity index (χ4n) is 2.42. The molecule has 0 fully saturated rings. The van der Waals surface area contributed by atoms with E-state index in [4.69, 9.17) is 5.84 Å². The normalized spacial score (nSPS) is 12.4. The van der Waals surface area contributed by atoms with Crippen LogP contribution in [0.5, 0.6) is 0 Å². The number of nitrogens with one attached hydrogen (secondary N) is 1. The summed E-state index contributed by atoms with van der Waals surface area (Å²) in [6.07, 6.45) is 0.553. The van der Waals surface area contributed by atoms with Gasteiger partial charge in [-0.05, 0) is 43.0 Å². The second-order valence-electron chi connectivity index (χ2n) is 4.96. The Morgan fingerprint density at radius 3 is 2.30 bits per heavy atom. The Hall–Kier alpha value is -1.78. The molecule has 3 N–H and O–H groups in total. The molecule has 0 aliphatic heterocycles. The van der Waals surface area contributed by atoms with Crippen molar-refractivity contribution in [2.45, 2.75) is 26.3 Å². The molecule has 0 aromatic heterocycles. The zero-order chi connectivity index (χ0) is 14.7. The number of hydrogen-bond acceptors (Lipinski definition) is 2. The fourth-order valence-corrected chi connectivity index (χ4v) is 2.42. The first-order valence-corrected chi connectivity index (χ1v) is 6.49. The zero-order valence-electron chi connectivity index (χ0n) is 11.6. The van der Waals surface area contributed by atoms with E-state index in [0.717, 1.165) is 22.8 Å². The number of halogens is 2. The van der Waals surface area contributed by atoms with E-state index in [1.807, 2.05) is 32.0 Å². The molecule has 106 valence electrons. The van der Waals surface area contributed by atoms with E-state index >= 15 is 0 Å². The van der Waals surface area contributed by atoms with Crippen LogP contribution in [0.2, 0.25) is 0 Å². The molecule has 0 saturated carbocycles. The molecule has 1 unspecified atom stereocenters. The summed E-state index contributed by atoms with van der Waals surface area (Å²) in [4.78, 5) is 0. The highest BCUT2D eigenvalue weighted by molar-refractivity contribution is 5.35. The number of nitrogens with two attached hydrogens (primary N) is 1. The third kappa shape index (κ3) is 3.03. The molecule has 2 rings (SSSR count). The zero-order valence-corrected chi connectivity index (χ0v) is 11.6. The van der Waals surface area contributed by atoms with E-state index in [-0.39, 0.29) is 0 Å². The highest BCUT2D eigenvalue weighted by Gasteiger charge is 2.17. The monoisotopic (exact) mass is 276 g/mol. The second-order valence-corrected chi connectivity index (χ2v) is 4.96. The highest BCUT2D eigenvalue weighted by atomic mass is 19.1. The largest absolute Gasteiger partial charge is 0.271 e. The van der Waals surface area contributed by atoms with Crippen molar-refractivity contribution < 1.29 is 8.78 Å². The van der Waals surface area contributed by atoms with Gasteiger partial charge in [-0.3, -0.25) is 11.3 Å². The molecule has 2 nitrogen and oxygen atoms in total. The van der Waals surface area contributed by atoms with Gasteiger partial charge in [0.05, 0.1) is 6.04 Å². The standard InChI is InChI=1S/C16H18F2N2/c1-10-4-3-5-11(2)14(10)9-16(20-19)13-7-6-12(17)8-15(13)18/h3-8,16,20H,9,19H2,1-2H3. The van der Waals surface area contributed by atoms with Crippen LogP contribution in [0.15, 0.2) is 36.4 Å². The van der Waals surface area contributed by atoms with E-state index in [1.54, 1.807) is 0 Å². The maximum absolute atomic E-state index is 13.9. The van der Waals surface area contributed by atoms with Gasteiger partial charge in [0.1, 0.15) is 11.6 Å². The summed E-state index contributed by atoms with van der Waals surface area (Å²) in [5.74, 6) is 4.38. The first kappa shape index (κ1) is 14.6. The van der Waals surface area contributed by atoms with Gasteiger partial charge in [0.15, 0.2) is 0 Å². The van der Waals surface area contributed by atoms with Crippen molar-refractivity contribution in [2.24, 2.45) is 5.84 Å². The number of hydrazine groups is 1. The topological polar surface area (TPSA) is 38.0 Å². The van der Waals surface area contributed by atoms with E-state index in [1.165, 1.54) is 12.1 Å². The molecule has 0 aliphatic carbocycles. The Morgan fingerprint density at radius 2 is 1.75 bits per heavy atom. The van der Waals surface area contributed by atoms with Crippen molar-refractivity contribution in [1.82, 2.24) is 5.43 Å². The molecule has 0 saturated heterocycles. The fraction of sp³-hybridized carbons (Fsp3) is 0.250. The van der Waals surface area contributed by atoms with Crippen LogP contribution in [0, 0.1) is 25.5 Å². The van der Waals surface area contributed by atoms with Gasteiger partial charge in [-0.25, -0.2) is 8.78 Å². The van der Waals surface area contributed by atoms with E-state index in [2.05, 4.69) is 5.43 Å². The molecule has 0 aliphatic rings. The van der Waals surface area contributed by atoms with Gasteiger partial charge in [0, 0.05) is 11.6 Å². The van der Waals surface area contributed by atoms with Crippen LogP contribution in [-0.2, 0) is 6.42 Å². The number of aryl methyl sites for hydroxylation is 2. The predicted octanol–water partition coefficient (Wildman–Crippen LogP) is 3.33. The number of benzene rings is 2. The maximum atomic E-state index is 13.9. The highest BCUT2D eigenvalue weighted by Crippen LogP contribution is 2.24. The van der Waals surface area contributed by atoms with Gasteiger partial charge in [0.25, 0.3) is 0 Å². The second kappa shape index (κ2) is 6.11. The molecular weight excluding hydrogens is 258 g/mol. The Balaban J connectivity index is 2.34. The first-order valence-electron chi connectivity index (χ1n) is 6.49. The van der Waals surface area contributed by atoms with Gasteiger partial charge < -0.3 is 0 Å². The van der Waals surface area contributed by atoms with Gasteiger partial charge in [-0.2, -0.15) is 0 Å². The Kier molecular flexibility index (Phi) is 4.47. The van der Waals surface area contributed by atoms with E-state index < -0.39 is 17.7 Å². The van der Waals surface area contributed by atoms with Crippen LogP contribution in [-0.4, -0.2) is 0 Å². The molecule has 2 aromatic carbocycles. The van der Waals surface area contributed by atoms with Gasteiger partial charge in [-0.15, -0.1) is 0 Å². The van der Waals surface area contributed by atoms with Crippen molar-refractivity contribution >= 4 is 0 Å². The van der Waals surface area contributed by atoms with Crippen molar-refractivity contribution in [1.29, 1.82) is 0 Å². The summed E-state index contributed by atoms with van der Waals surface area (Å²) in [7, 11) is 0. The summed E-state index contributed by atoms with van der Waals surface area (Å²) in [5.41, 5.74) is 6.38. The van der Waals surface area contributed by atoms with Gasteiger partial charge in [-0.1, -0.05) is 24.3 Å². The van der Waals surface area contributed by atoms with Crippen LogP contribution in [0.25, 0.3) is 0 Å². The number of hydrogen-bond donors (Lipinski definition) is 2. The summed E-state index contributed by atoms with van der Waals surface area (Å²) in [6, 6.07) is 9.17. The molecule has 0 radical (unpaired) electrons. The third-order valence-electron chi connectivity index (χ3n) is 3.59. The first-order chi connectivity index (χ1) is 9.52. The Bertz CT molecular complexity index is 591. The molecule has 20 heavy (non-hydrogen) atoms. The Labute approximate surface area is 117 Å². The summed E-state index contributed by atoms with van der Waals surface area (Å²) >= 11 is 0. The lowest BCUT2D eigenvalue weighted by molar-refractivity contribution is 0.501. The molecular formula is C16H18F2N2. The molecule has 0 amide bonds.